The van der Waals surface area contributed by atoms with Crippen molar-refractivity contribution in [3.8, 4) is 0 Å². The summed E-state index contributed by atoms with van der Waals surface area (Å²) >= 11 is 13.5. The van der Waals surface area contributed by atoms with Crippen LogP contribution in [0.1, 0.15) is 13.8 Å². The lowest BCUT2D eigenvalue weighted by Gasteiger charge is -2.18. The van der Waals surface area contributed by atoms with E-state index in [4.69, 9.17) is 27.9 Å². The molecule has 0 aliphatic heterocycles. The minimum absolute atomic E-state index is 0.194. The highest BCUT2D eigenvalue weighted by Crippen LogP contribution is 2.30. The highest BCUT2D eigenvalue weighted by molar-refractivity contribution is 7.99. The number of esters is 1. The van der Waals surface area contributed by atoms with Crippen LogP contribution in [0.5, 0.6) is 0 Å². The normalized spacial score (nSPS) is 12.5. The maximum absolute atomic E-state index is 11.7. The Kier molecular flexibility index (Phi) is 7.00. The van der Waals surface area contributed by atoms with Crippen LogP contribution >= 0.6 is 35.0 Å². The van der Waals surface area contributed by atoms with Gasteiger partial charge < -0.3 is 10.1 Å². The van der Waals surface area contributed by atoms with Crippen molar-refractivity contribution in [2.45, 2.75) is 30.8 Å². The van der Waals surface area contributed by atoms with E-state index in [0.29, 0.717) is 15.8 Å². The zero-order valence-electron chi connectivity index (χ0n) is 11.1. The zero-order valence-corrected chi connectivity index (χ0v) is 13.4. The molecule has 0 aliphatic rings. The summed E-state index contributed by atoms with van der Waals surface area (Å²) in [6.45, 7) is 3.96. The first kappa shape index (κ1) is 16.6. The molecule has 0 aromatic heterocycles. The average molecular weight is 322 g/mol. The van der Waals surface area contributed by atoms with Gasteiger partial charge in [-0.2, -0.15) is 0 Å². The molecule has 3 nitrogen and oxygen atoms in total. The van der Waals surface area contributed by atoms with Crippen LogP contribution in [0.3, 0.4) is 0 Å². The van der Waals surface area contributed by atoms with Crippen molar-refractivity contribution in [3.63, 3.8) is 0 Å². The van der Waals surface area contributed by atoms with Crippen LogP contribution in [0.4, 0.5) is 0 Å². The summed E-state index contributed by atoms with van der Waals surface area (Å²) < 4.78 is 4.78. The number of methoxy groups -OCH3 is 1. The second-order valence-corrected chi connectivity index (χ2v) is 6.19. The lowest BCUT2D eigenvalue weighted by Crippen LogP contribution is -2.43. The number of hydrogen-bond donors (Lipinski definition) is 1. The van der Waals surface area contributed by atoms with Gasteiger partial charge in [0, 0.05) is 21.7 Å². The van der Waals surface area contributed by atoms with Gasteiger partial charge in [0.15, 0.2) is 0 Å². The monoisotopic (exact) mass is 321 g/mol. The minimum atomic E-state index is -0.370. The maximum atomic E-state index is 11.7. The molecule has 0 fully saturated rings. The maximum Gasteiger partial charge on any atom is 0.323 e. The van der Waals surface area contributed by atoms with Gasteiger partial charge in [-0.05, 0) is 18.2 Å². The van der Waals surface area contributed by atoms with E-state index in [2.05, 4.69) is 5.32 Å². The number of hydrogen-bond acceptors (Lipinski definition) is 4. The van der Waals surface area contributed by atoms with Gasteiger partial charge in [0.1, 0.15) is 6.04 Å². The van der Waals surface area contributed by atoms with Gasteiger partial charge in [-0.3, -0.25) is 4.79 Å². The van der Waals surface area contributed by atoms with E-state index < -0.39 is 0 Å². The molecule has 0 saturated heterocycles. The van der Waals surface area contributed by atoms with Gasteiger partial charge in [0.05, 0.1) is 12.1 Å². The van der Waals surface area contributed by atoms with Gasteiger partial charge >= 0.3 is 5.97 Å². The van der Waals surface area contributed by atoms with Gasteiger partial charge in [-0.15, -0.1) is 11.8 Å². The van der Waals surface area contributed by atoms with Crippen molar-refractivity contribution in [1.82, 2.24) is 5.32 Å². The Balaban J connectivity index is 2.70. The number of rotatable bonds is 6. The van der Waals surface area contributed by atoms with Crippen molar-refractivity contribution < 1.29 is 9.53 Å². The van der Waals surface area contributed by atoms with E-state index in [9.17, 15) is 4.79 Å². The largest absolute Gasteiger partial charge is 0.468 e. The van der Waals surface area contributed by atoms with Crippen LogP contribution < -0.4 is 5.32 Å². The molecule has 106 valence electrons. The van der Waals surface area contributed by atoms with Gasteiger partial charge in [-0.1, -0.05) is 37.0 Å². The number of benzene rings is 1. The number of thioether (sulfide) groups is 1. The Morgan fingerprint density at radius 3 is 2.68 bits per heavy atom. The molecule has 0 amide bonds. The number of halogens is 2. The second-order valence-electron chi connectivity index (χ2n) is 4.28. The Morgan fingerprint density at radius 2 is 2.11 bits per heavy atom. The first-order valence-corrected chi connectivity index (χ1v) is 7.60. The Labute approximate surface area is 128 Å². The lowest BCUT2D eigenvalue weighted by molar-refractivity contribution is -0.142. The van der Waals surface area contributed by atoms with Crippen molar-refractivity contribution in [2.75, 3.05) is 12.9 Å². The van der Waals surface area contributed by atoms with E-state index in [1.54, 1.807) is 18.2 Å². The molecule has 1 N–H and O–H groups in total. The van der Waals surface area contributed by atoms with Crippen LogP contribution in [0.15, 0.2) is 23.1 Å². The Hall–Kier alpha value is -0.420. The summed E-state index contributed by atoms with van der Waals surface area (Å²) in [6.07, 6.45) is 0. The zero-order chi connectivity index (χ0) is 14.4. The van der Waals surface area contributed by atoms with Gasteiger partial charge in [-0.25, -0.2) is 0 Å². The Morgan fingerprint density at radius 1 is 1.42 bits per heavy atom. The summed E-state index contributed by atoms with van der Waals surface area (Å²) in [6, 6.07) is 5.09. The number of ether oxygens (including phenoxy) is 1. The van der Waals surface area contributed by atoms with Crippen molar-refractivity contribution in [2.24, 2.45) is 0 Å². The van der Waals surface area contributed by atoms with Gasteiger partial charge in [0.2, 0.25) is 0 Å². The van der Waals surface area contributed by atoms with E-state index in [1.807, 2.05) is 13.8 Å². The molecular formula is C13H17Cl2NO2S. The second kappa shape index (κ2) is 8.00. The first-order chi connectivity index (χ1) is 8.93. The highest BCUT2D eigenvalue weighted by Gasteiger charge is 2.20. The van der Waals surface area contributed by atoms with E-state index in [-0.39, 0.29) is 18.1 Å². The summed E-state index contributed by atoms with van der Waals surface area (Å²) in [5, 5.41) is 4.41. The standard InChI is InChI=1S/C13H17Cl2NO2S/c1-8(2)16-11(13(17)18-3)7-19-12-6-9(14)4-5-10(12)15/h4-6,8,11,16H,7H2,1-3H3. The molecule has 1 aromatic carbocycles. The fourth-order valence-corrected chi connectivity index (χ4v) is 3.00. The number of carbonyl (C=O) groups is 1. The molecule has 1 unspecified atom stereocenters. The van der Waals surface area contributed by atoms with E-state index >= 15 is 0 Å². The minimum Gasteiger partial charge on any atom is -0.468 e. The van der Waals surface area contributed by atoms with E-state index in [1.165, 1.54) is 18.9 Å². The summed E-state index contributed by atoms with van der Waals surface area (Å²) in [5.74, 6) is 0.254. The third-order valence-electron chi connectivity index (χ3n) is 2.32. The average Bonchev–Trinajstić information content (AvgIpc) is 2.36. The molecule has 0 radical (unpaired) electrons. The molecule has 6 heteroatoms. The van der Waals surface area contributed by atoms with E-state index in [0.717, 1.165) is 4.90 Å². The fourth-order valence-electron chi connectivity index (χ4n) is 1.49. The molecule has 0 bridgehead atoms. The molecule has 0 spiro atoms. The van der Waals surface area contributed by atoms with Crippen molar-refractivity contribution >= 4 is 40.9 Å². The van der Waals surface area contributed by atoms with Gasteiger partial charge in [0.25, 0.3) is 0 Å². The SMILES string of the molecule is COC(=O)C(CSc1cc(Cl)ccc1Cl)NC(C)C. The third-order valence-corrected chi connectivity index (χ3v) is 4.14. The van der Waals surface area contributed by atoms with Crippen LogP contribution in [0.2, 0.25) is 10.0 Å². The molecule has 0 heterocycles. The topological polar surface area (TPSA) is 38.3 Å². The molecule has 19 heavy (non-hydrogen) atoms. The molecule has 1 aromatic rings. The molecule has 0 aliphatic carbocycles. The number of nitrogens with one attached hydrogen (secondary N) is 1. The van der Waals surface area contributed by atoms with Crippen LogP contribution in [0.25, 0.3) is 0 Å². The molecule has 1 atom stereocenters. The van der Waals surface area contributed by atoms with Crippen LogP contribution in [-0.2, 0) is 9.53 Å². The molecular weight excluding hydrogens is 305 g/mol. The quantitative estimate of drug-likeness (QED) is 0.641. The number of carbonyl (C=O) groups excluding carboxylic acids is 1. The summed E-state index contributed by atoms with van der Waals surface area (Å²) in [4.78, 5) is 12.5. The summed E-state index contributed by atoms with van der Waals surface area (Å²) in [7, 11) is 1.38. The highest BCUT2D eigenvalue weighted by atomic mass is 35.5. The predicted molar refractivity (Wildman–Crippen MR) is 81.3 cm³/mol. The smallest absolute Gasteiger partial charge is 0.323 e. The van der Waals surface area contributed by atoms with Crippen molar-refractivity contribution in [1.29, 1.82) is 0 Å². The first-order valence-electron chi connectivity index (χ1n) is 5.85. The van der Waals surface area contributed by atoms with Crippen molar-refractivity contribution in [3.05, 3.63) is 28.2 Å². The fraction of sp³-hybridized carbons (Fsp3) is 0.462. The Bertz CT molecular complexity index is 441. The molecule has 1 rings (SSSR count). The van der Waals surface area contributed by atoms with Crippen LogP contribution in [-0.4, -0.2) is 30.9 Å². The molecule has 0 saturated carbocycles. The third kappa shape index (κ3) is 5.61. The van der Waals surface area contributed by atoms with Crippen LogP contribution in [0, 0.1) is 0 Å². The predicted octanol–water partition coefficient (Wildman–Crippen LogP) is 3.63. The summed E-state index contributed by atoms with van der Waals surface area (Å²) in [5.41, 5.74) is 0. The lowest BCUT2D eigenvalue weighted by atomic mass is 10.3.